The van der Waals surface area contributed by atoms with E-state index in [1.165, 1.54) is 12.2 Å². The molecule has 0 aliphatic carbocycles. The maximum Gasteiger partial charge on any atom is 0.488 e. The summed E-state index contributed by atoms with van der Waals surface area (Å²) in [7, 11) is -1.53. The molecule has 0 rings (SSSR count). The van der Waals surface area contributed by atoms with Gasteiger partial charge in [0.05, 0.1) is 12.7 Å². The van der Waals surface area contributed by atoms with E-state index in [-0.39, 0.29) is 12.7 Å². The molecule has 0 aromatic carbocycles. The minimum Gasteiger partial charge on any atom is -0.423 e. The Morgan fingerprint density at radius 3 is 2.43 bits per heavy atom. The van der Waals surface area contributed by atoms with E-state index in [4.69, 9.17) is 14.8 Å². The van der Waals surface area contributed by atoms with Crippen LogP contribution in [0.15, 0.2) is 36.4 Å². The molecule has 0 spiro atoms. The third-order valence-electron chi connectivity index (χ3n) is 1.57. The molecule has 0 saturated heterocycles. The molecule has 0 bridgehead atoms. The van der Waals surface area contributed by atoms with E-state index in [0.717, 1.165) is 0 Å². The van der Waals surface area contributed by atoms with Gasteiger partial charge in [0.15, 0.2) is 0 Å². The minimum atomic E-state index is -1.53. The van der Waals surface area contributed by atoms with E-state index < -0.39 is 7.12 Å². The molecular weight excluding hydrogens is 179 g/mol. The smallest absolute Gasteiger partial charge is 0.423 e. The second kappa shape index (κ2) is 6.59. The molecule has 0 aliphatic rings. The highest BCUT2D eigenvalue weighted by Gasteiger charge is 2.17. The number of hydrogen-bond acceptors (Lipinski definition) is 3. The van der Waals surface area contributed by atoms with Gasteiger partial charge in [0.2, 0.25) is 0 Å². The van der Waals surface area contributed by atoms with Gasteiger partial charge in [0, 0.05) is 0 Å². The molecule has 14 heavy (non-hydrogen) atoms. The van der Waals surface area contributed by atoms with Gasteiger partial charge >= 0.3 is 7.12 Å². The summed E-state index contributed by atoms with van der Waals surface area (Å²) in [6, 6.07) is 0. The normalized spacial score (nSPS) is 11.6. The Kier molecular flexibility index (Phi) is 6.20. The van der Waals surface area contributed by atoms with Crippen molar-refractivity contribution in [2.24, 2.45) is 0 Å². The molecule has 0 aromatic heterocycles. The van der Waals surface area contributed by atoms with Gasteiger partial charge < -0.3 is 14.8 Å². The summed E-state index contributed by atoms with van der Waals surface area (Å²) in [5.74, 6) is 0. The van der Waals surface area contributed by atoms with Crippen LogP contribution in [0.1, 0.15) is 13.8 Å². The van der Waals surface area contributed by atoms with Crippen molar-refractivity contribution in [2.45, 2.75) is 20.0 Å². The molecule has 0 aliphatic heterocycles. The first-order valence-corrected chi connectivity index (χ1v) is 4.47. The van der Waals surface area contributed by atoms with Crippen molar-refractivity contribution in [2.75, 3.05) is 6.61 Å². The monoisotopic (exact) mass is 196 g/mol. The van der Waals surface area contributed by atoms with Crippen molar-refractivity contribution in [3.05, 3.63) is 36.4 Å². The summed E-state index contributed by atoms with van der Waals surface area (Å²) < 4.78 is 5.28. The van der Waals surface area contributed by atoms with Gasteiger partial charge in [-0.25, -0.2) is 0 Å². The third kappa shape index (κ3) is 5.02. The second-order valence-electron chi connectivity index (χ2n) is 3.19. The summed E-state index contributed by atoms with van der Waals surface area (Å²) in [5, 5.41) is 18.0. The Labute approximate surface area is 85.5 Å². The molecular formula is C10H17BO3. The topological polar surface area (TPSA) is 49.7 Å². The zero-order valence-electron chi connectivity index (χ0n) is 8.73. The van der Waals surface area contributed by atoms with Crippen LogP contribution in [0.25, 0.3) is 0 Å². The number of rotatable bonds is 6. The lowest BCUT2D eigenvalue weighted by Crippen LogP contribution is -2.19. The van der Waals surface area contributed by atoms with Crippen LogP contribution in [0, 0.1) is 0 Å². The average molecular weight is 196 g/mol. The summed E-state index contributed by atoms with van der Waals surface area (Å²) in [5.41, 5.74) is 0.884. The van der Waals surface area contributed by atoms with E-state index in [1.54, 1.807) is 0 Å². The largest absolute Gasteiger partial charge is 0.488 e. The SMILES string of the molecule is C=C/C=C(/B(O)O)C(=C)COC(C)C. The van der Waals surface area contributed by atoms with Crippen LogP contribution in [-0.4, -0.2) is 29.9 Å². The molecule has 0 amide bonds. The highest BCUT2D eigenvalue weighted by Crippen LogP contribution is 2.10. The predicted molar refractivity (Wildman–Crippen MR) is 58.7 cm³/mol. The van der Waals surface area contributed by atoms with Gasteiger partial charge in [0.25, 0.3) is 0 Å². The average Bonchev–Trinajstić information content (AvgIpc) is 2.09. The van der Waals surface area contributed by atoms with Crippen LogP contribution in [0.2, 0.25) is 0 Å². The first-order chi connectivity index (χ1) is 6.49. The Morgan fingerprint density at radius 1 is 1.50 bits per heavy atom. The Balaban J connectivity index is 4.31. The van der Waals surface area contributed by atoms with E-state index in [9.17, 15) is 0 Å². The van der Waals surface area contributed by atoms with Crippen LogP contribution in [0.4, 0.5) is 0 Å². The van der Waals surface area contributed by atoms with E-state index in [0.29, 0.717) is 11.0 Å². The highest BCUT2D eigenvalue weighted by atomic mass is 16.5. The van der Waals surface area contributed by atoms with E-state index in [1.807, 2.05) is 13.8 Å². The van der Waals surface area contributed by atoms with Crippen molar-refractivity contribution in [3.63, 3.8) is 0 Å². The zero-order valence-corrected chi connectivity index (χ0v) is 8.73. The standard InChI is InChI=1S/C10H17BO3/c1-5-6-10(11(12)13)9(4)7-14-8(2)3/h5-6,8,12-13H,1,4,7H2,2-3H3/b10-6+. The highest BCUT2D eigenvalue weighted by molar-refractivity contribution is 6.52. The second-order valence-corrected chi connectivity index (χ2v) is 3.19. The van der Waals surface area contributed by atoms with Gasteiger partial charge in [0.1, 0.15) is 0 Å². The van der Waals surface area contributed by atoms with Crippen LogP contribution >= 0.6 is 0 Å². The van der Waals surface area contributed by atoms with Crippen LogP contribution in [0.3, 0.4) is 0 Å². The fourth-order valence-electron chi connectivity index (χ4n) is 0.864. The van der Waals surface area contributed by atoms with Crippen molar-refractivity contribution >= 4 is 7.12 Å². The Hall–Kier alpha value is -0.835. The molecule has 0 fully saturated rings. The fraction of sp³-hybridized carbons (Fsp3) is 0.400. The molecule has 0 heterocycles. The van der Waals surface area contributed by atoms with Gasteiger partial charge in [-0.1, -0.05) is 25.3 Å². The van der Waals surface area contributed by atoms with E-state index in [2.05, 4.69) is 13.2 Å². The van der Waals surface area contributed by atoms with Crippen molar-refractivity contribution in [3.8, 4) is 0 Å². The van der Waals surface area contributed by atoms with Crippen LogP contribution < -0.4 is 0 Å². The molecule has 4 heteroatoms. The molecule has 0 aromatic rings. The Bertz CT molecular complexity index is 232. The summed E-state index contributed by atoms with van der Waals surface area (Å²) in [6.07, 6.45) is 3.08. The fourth-order valence-corrected chi connectivity index (χ4v) is 0.864. The van der Waals surface area contributed by atoms with Crippen molar-refractivity contribution in [1.82, 2.24) is 0 Å². The quantitative estimate of drug-likeness (QED) is 0.493. The molecule has 3 nitrogen and oxygen atoms in total. The number of allylic oxidation sites excluding steroid dienone is 2. The first-order valence-electron chi connectivity index (χ1n) is 4.47. The maximum atomic E-state index is 9.00. The van der Waals surface area contributed by atoms with Crippen LogP contribution in [0.5, 0.6) is 0 Å². The molecule has 0 radical (unpaired) electrons. The van der Waals surface area contributed by atoms with Gasteiger partial charge in [-0.15, -0.1) is 0 Å². The zero-order chi connectivity index (χ0) is 11.1. The van der Waals surface area contributed by atoms with Crippen molar-refractivity contribution < 1.29 is 14.8 Å². The molecule has 0 atom stereocenters. The number of ether oxygens (including phenoxy) is 1. The lowest BCUT2D eigenvalue weighted by Gasteiger charge is -2.12. The molecule has 78 valence electrons. The van der Waals surface area contributed by atoms with Crippen molar-refractivity contribution in [1.29, 1.82) is 0 Å². The van der Waals surface area contributed by atoms with Crippen LogP contribution in [-0.2, 0) is 4.74 Å². The van der Waals surface area contributed by atoms with Gasteiger partial charge in [-0.2, -0.15) is 0 Å². The predicted octanol–water partition coefficient (Wildman–Crippen LogP) is 1.09. The van der Waals surface area contributed by atoms with Gasteiger partial charge in [-0.3, -0.25) is 0 Å². The lowest BCUT2D eigenvalue weighted by molar-refractivity contribution is 0.0985. The molecule has 0 unspecified atom stereocenters. The summed E-state index contributed by atoms with van der Waals surface area (Å²) in [6.45, 7) is 11.3. The van der Waals surface area contributed by atoms with Gasteiger partial charge in [-0.05, 0) is 24.9 Å². The molecule has 0 saturated carbocycles. The number of hydrogen-bond donors (Lipinski definition) is 2. The minimum absolute atomic E-state index is 0.0903. The first kappa shape index (κ1) is 13.2. The third-order valence-corrected chi connectivity index (χ3v) is 1.57. The maximum absolute atomic E-state index is 9.00. The lowest BCUT2D eigenvalue weighted by atomic mass is 9.75. The molecule has 2 N–H and O–H groups in total. The Morgan fingerprint density at radius 2 is 2.07 bits per heavy atom. The summed E-state index contributed by atoms with van der Waals surface area (Å²) >= 11 is 0. The summed E-state index contributed by atoms with van der Waals surface area (Å²) in [4.78, 5) is 0. The van der Waals surface area contributed by atoms with E-state index >= 15 is 0 Å².